The fraction of sp³-hybridized carbons (Fsp3) is 0. The third-order valence-corrected chi connectivity index (χ3v) is 2.03. The number of nitrogens with one attached hydrogen (secondary N) is 2. The van der Waals surface area contributed by atoms with Crippen molar-refractivity contribution >= 4 is 32.9 Å². The molecular formula is C2H10B3N3Si. The molecule has 0 spiro atoms. The van der Waals surface area contributed by atoms with Gasteiger partial charge in [0.2, 0.25) is 0 Å². The summed E-state index contributed by atoms with van der Waals surface area (Å²) in [6.45, 7) is 3.89. The Balaban J connectivity index is 2.31. The van der Waals surface area contributed by atoms with Crippen molar-refractivity contribution in [1.29, 1.82) is 0 Å². The largest absolute Gasteiger partial charge is 0.449 e. The molecule has 0 radical (unpaired) electrons. The second-order valence-corrected chi connectivity index (χ2v) is 3.42. The van der Waals surface area contributed by atoms with E-state index < -0.39 is 0 Å². The molecule has 0 unspecified atom stereocenters. The van der Waals surface area contributed by atoms with Crippen LogP contribution in [0.15, 0.2) is 11.9 Å². The van der Waals surface area contributed by atoms with Crippen LogP contribution in [-0.4, -0.2) is 37.6 Å². The zero-order valence-corrected chi connectivity index (χ0v) is 7.78. The van der Waals surface area contributed by atoms with Crippen LogP contribution in [0.2, 0.25) is 0 Å². The van der Waals surface area contributed by atoms with Gasteiger partial charge in [-0.3, -0.25) is 0 Å². The smallest absolute Gasteiger partial charge is 0.298 e. The first kappa shape index (κ1) is 6.98. The summed E-state index contributed by atoms with van der Waals surface area (Å²) >= 11 is 0. The SMILES string of the molecule is C=C([SiH3])N1BNBNB1. The predicted octanol–water partition coefficient (Wildman–Crippen LogP) is -3.88. The van der Waals surface area contributed by atoms with E-state index in [1.807, 2.05) is 0 Å². The molecule has 1 aliphatic rings. The normalized spacial score (nSPS) is 17.6. The third-order valence-electron chi connectivity index (χ3n) is 1.40. The van der Waals surface area contributed by atoms with Crippen molar-refractivity contribution in [2.45, 2.75) is 0 Å². The van der Waals surface area contributed by atoms with Crippen LogP contribution in [0.1, 0.15) is 0 Å². The Hall–Kier alpha value is -0.128. The quantitative estimate of drug-likeness (QED) is 0.361. The highest BCUT2D eigenvalue weighted by atomic mass is 28.1. The van der Waals surface area contributed by atoms with Crippen molar-refractivity contribution in [2.75, 3.05) is 0 Å². The Bertz CT molecular complexity index is 114. The summed E-state index contributed by atoms with van der Waals surface area (Å²) in [6, 6.07) is 0. The Morgan fingerprint density at radius 1 is 1.44 bits per heavy atom. The maximum atomic E-state index is 3.89. The van der Waals surface area contributed by atoms with Crippen molar-refractivity contribution in [2.24, 2.45) is 0 Å². The average Bonchev–Trinajstić information content (AvgIpc) is 1.90. The van der Waals surface area contributed by atoms with Crippen molar-refractivity contribution in [3.8, 4) is 0 Å². The van der Waals surface area contributed by atoms with E-state index >= 15 is 0 Å². The lowest BCUT2D eigenvalue weighted by molar-refractivity contribution is 0.867. The minimum absolute atomic E-state index is 0.922. The number of rotatable bonds is 1. The van der Waals surface area contributed by atoms with E-state index in [9.17, 15) is 0 Å². The van der Waals surface area contributed by atoms with E-state index in [0.29, 0.717) is 0 Å². The van der Waals surface area contributed by atoms with Gasteiger partial charge in [-0.05, 0) is 5.32 Å². The molecule has 3 nitrogen and oxygen atoms in total. The molecule has 0 aromatic carbocycles. The zero-order valence-electron chi connectivity index (χ0n) is 5.78. The van der Waals surface area contributed by atoms with E-state index in [-0.39, 0.29) is 0 Å². The van der Waals surface area contributed by atoms with Gasteiger partial charge in [0, 0.05) is 0 Å². The number of hydrogen-bond donors (Lipinski definition) is 2. The topological polar surface area (TPSA) is 27.3 Å². The lowest BCUT2D eigenvalue weighted by Crippen LogP contribution is -2.57. The van der Waals surface area contributed by atoms with Crippen LogP contribution >= 0.6 is 0 Å². The van der Waals surface area contributed by atoms with Crippen LogP contribution in [0.4, 0.5) is 0 Å². The summed E-state index contributed by atoms with van der Waals surface area (Å²) in [7, 11) is 3.89. The van der Waals surface area contributed by atoms with Gasteiger partial charge in [0.25, 0.3) is 22.6 Å². The molecule has 0 aliphatic carbocycles. The van der Waals surface area contributed by atoms with Crippen LogP contribution in [0.5, 0.6) is 0 Å². The molecule has 0 amide bonds. The molecule has 1 heterocycles. The molecule has 2 N–H and O–H groups in total. The first-order valence-corrected chi connectivity index (χ1v) is 4.12. The van der Waals surface area contributed by atoms with Crippen LogP contribution in [-0.2, 0) is 0 Å². The summed E-state index contributed by atoms with van der Waals surface area (Å²) < 4.78 is 2.20. The second kappa shape index (κ2) is 3.14. The van der Waals surface area contributed by atoms with Crippen LogP contribution in [0.25, 0.3) is 0 Å². The monoisotopic (exact) mass is 137 g/mol. The van der Waals surface area contributed by atoms with E-state index in [4.69, 9.17) is 0 Å². The van der Waals surface area contributed by atoms with Gasteiger partial charge in [-0.25, -0.2) is 0 Å². The van der Waals surface area contributed by atoms with Gasteiger partial charge < -0.3 is 15.0 Å². The lowest BCUT2D eigenvalue weighted by Gasteiger charge is -2.27. The first-order chi connectivity index (χ1) is 4.30. The van der Waals surface area contributed by atoms with Crippen LogP contribution in [0, 0.1) is 0 Å². The summed E-state index contributed by atoms with van der Waals surface area (Å²) in [4.78, 5) is 0. The number of hydrogen-bond acceptors (Lipinski definition) is 3. The molecule has 1 rings (SSSR count). The van der Waals surface area contributed by atoms with Gasteiger partial charge in [-0.1, -0.05) is 6.58 Å². The standard InChI is InChI=1S/C2H10B3N3Si/c1-2(9)8-4-6-3-7-5-8/h3-7H,1H2,9H3. The summed E-state index contributed by atoms with van der Waals surface area (Å²) in [5.74, 6) is 0. The van der Waals surface area contributed by atoms with Gasteiger partial charge >= 0.3 is 0 Å². The molecule has 0 bridgehead atoms. The Morgan fingerprint density at radius 2 is 2.00 bits per heavy atom. The van der Waals surface area contributed by atoms with Crippen LogP contribution < -0.4 is 10.3 Å². The van der Waals surface area contributed by atoms with Gasteiger partial charge in [0.1, 0.15) is 0 Å². The van der Waals surface area contributed by atoms with E-state index in [1.54, 1.807) is 0 Å². The maximum absolute atomic E-state index is 3.89. The molecule has 46 valence electrons. The molecule has 0 saturated carbocycles. The Morgan fingerprint density at radius 3 is 2.33 bits per heavy atom. The van der Waals surface area contributed by atoms with E-state index in [2.05, 4.69) is 21.6 Å². The molecule has 7 heteroatoms. The minimum Gasteiger partial charge on any atom is -0.449 e. The first-order valence-electron chi connectivity index (χ1n) is 3.12. The second-order valence-electron chi connectivity index (χ2n) is 2.27. The van der Waals surface area contributed by atoms with Gasteiger partial charge in [-0.2, -0.15) is 0 Å². The molecule has 0 aromatic heterocycles. The van der Waals surface area contributed by atoms with E-state index in [1.165, 1.54) is 5.32 Å². The van der Waals surface area contributed by atoms with E-state index in [0.717, 1.165) is 32.9 Å². The zero-order chi connectivity index (χ0) is 6.69. The maximum Gasteiger partial charge on any atom is 0.298 e. The predicted molar refractivity (Wildman–Crippen MR) is 48.6 cm³/mol. The highest BCUT2D eigenvalue weighted by molar-refractivity contribution is 6.66. The molecule has 9 heavy (non-hydrogen) atoms. The van der Waals surface area contributed by atoms with Crippen molar-refractivity contribution in [3.63, 3.8) is 0 Å². The average molecular weight is 137 g/mol. The van der Waals surface area contributed by atoms with Crippen molar-refractivity contribution < 1.29 is 0 Å². The minimum atomic E-state index is 0.922. The highest BCUT2D eigenvalue weighted by Crippen LogP contribution is 1.89. The van der Waals surface area contributed by atoms with Crippen molar-refractivity contribution in [1.82, 2.24) is 15.0 Å². The Kier molecular flexibility index (Phi) is 2.44. The molecule has 0 atom stereocenters. The number of nitrogens with zero attached hydrogens (tertiary/aromatic N) is 1. The highest BCUT2D eigenvalue weighted by Gasteiger charge is 2.11. The molecule has 1 aliphatic heterocycles. The fourth-order valence-electron chi connectivity index (χ4n) is 0.796. The molecule has 1 saturated heterocycles. The van der Waals surface area contributed by atoms with Crippen molar-refractivity contribution in [3.05, 3.63) is 11.9 Å². The summed E-state index contributed by atoms with van der Waals surface area (Å²) in [5.41, 5.74) is 0. The lowest BCUT2D eigenvalue weighted by atomic mass is 9.81. The van der Waals surface area contributed by atoms with Gasteiger partial charge in [0.15, 0.2) is 0 Å². The summed E-state index contributed by atoms with van der Waals surface area (Å²) in [5, 5.41) is 7.63. The van der Waals surface area contributed by atoms with Gasteiger partial charge in [0.05, 0.1) is 10.2 Å². The fourth-order valence-corrected chi connectivity index (χ4v) is 1.11. The summed E-state index contributed by atoms with van der Waals surface area (Å²) in [6.07, 6.45) is 0. The molecular weight excluding hydrogens is 127 g/mol. The third kappa shape index (κ3) is 1.93. The molecule has 0 aromatic rings. The van der Waals surface area contributed by atoms with Crippen LogP contribution in [0.3, 0.4) is 0 Å². The van der Waals surface area contributed by atoms with Gasteiger partial charge in [-0.15, -0.1) is 0 Å². The molecule has 1 fully saturated rings. The Labute approximate surface area is 60.5 Å².